The Morgan fingerprint density at radius 3 is 2.20 bits per heavy atom. The molecular formula is C18H29NO. The van der Waals surface area contributed by atoms with Crippen molar-refractivity contribution in [2.45, 2.75) is 65.0 Å². The summed E-state index contributed by atoms with van der Waals surface area (Å²) in [6.07, 6.45) is 4.05. The van der Waals surface area contributed by atoms with Crippen LogP contribution in [0.2, 0.25) is 0 Å². The van der Waals surface area contributed by atoms with E-state index in [9.17, 15) is 5.11 Å². The molecule has 112 valence electrons. The second-order valence-corrected chi connectivity index (χ2v) is 7.40. The highest BCUT2D eigenvalue weighted by Gasteiger charge is 2.36. The topological polar surface area (TPSA) is 32.3 Å². The Morgan fingerprint density at radius 2 is 1.65 bits per heavy atom. The summed E-state index contributed by atoms with van der Waals surface area (Å²) in [5.74, 6) is 0. The minimum Gasteiger partial charge on any atom is -0.389 e. The van der Waals surface area contributed by atoms with E-state index >= 15 is 0 Å². The molecule has 1 aliphatic carbocycles. The molecule has 0 radical (unpaired) electrons. The zero-order valence-corrected chi connectivity index (χ0v) is 13.4. The van der Waals surface area contributed by atoms with E-state index in [1.807, 2.05) is 0 Å². The fraction of sp³-hybridized carbons (Fsp3) is 0.667. The molecule has 0 spiro atoms. The number of nitrogens with one attached hydrogen (secondary N) is 1. The maximum atomic E-state index is 10.7. The van der Waals surface area contributed by atoms with Crippen molar-refractivity contribution < 1.29 is 5.11 Å². The van der Waals surface area contributed by atoms with Gasteiger partial charge in [-0.3, -0.25) is 0 Å². The number of aliphatic hydroxyl groups is 1. The molecule has 1 aromatic carbocycles. The fourth-order valence-corrected chi connectivity index (χ4v) is 2.88. The molecule has 0 aliphatic heterocycles. The van der Waals surface area contributed by atoms with Gasteiger partial charge in [-0.05, 0) is 50.5 Å². The van der Waals surface area contributed by atoms with Crippen LogP contribution >= 0.6 is 0 Å². The van der Waals surface area contributed by atoms with E-state index in [-0.39, 0.29) is 6.04 Å². The molecule has 0 amide bonds. The first-order chi connectivity index (χ1) is 9.30. The molecule has 1 atom stereocenters. The van der Waals surface area contributed by atoms with Crippen LogP contribution in [0.4, 0.5) is 0 Å². The molecular weight excluding hydrogens is 246 g/mol. The number of benzene rings is 1. The molecule has 20 heavy (non-hydrogen) atoms. The molecule has 2 nitrogen and oxygen atoms in total. The third kappa shape index (κ3) is 4.07. The predicted molar refractivity (Wildman–Crippen MR) is 84.8 cm³/mol. The third-order valence-electron chi connectivity index (χ3n) is 4.85. The van der Waals surface area contributed by atoms with Gasteiger partial charge in [0.1, 0.15) is 0 Å². The molecule has 0 heterocycles. The maximum Gasteiger partial charge on any atom is 0.0772 e. The molecule has 2 rings (SSSR count). The first kappa shape index (κ1) is 15.5. The van der Waals surface area contributed by atoms with Gasteiger partial charge in [-0.1, -0.05) is 43.7 Å². The van der Waals surface area contributed by atoms with Crippen LogP contribution in [0.15, 0.2) is 24.3 Å². The Kier molecular flexibility index (Phi) is 4.55. The van der Waals surface area contributed by atoms with Crippen molar-refractivity contribution in [1.82, 2.24) is 5.32 Å². The molecule has 1 unspecified atom stereocenters. The summed E-state index contributed by atoms with van der Waals surface area (Å²) >= 11 is 0. The number of rotatable bonds is 4. The van der Waals surface area contributed by atoms with Crippen molar-refractivity contribution in [3.8, 4) is 0 Å². The van der Waals surface area contributed by atoms with Crippen molar-refractivity contribution in [3.63, 3.8) is 0 Å². The fourth-order valence-electron chi connectivity index (χ4n) is 2.88. The number of hydrogen-bond donors (Lipinski definition) is 2. The Labute approximate surface area is 123 Å². The van der Waals surface area contributed by atoms with Crippen LogP contribution in [0.3, 0.4) is 0 Å². The van der Waals surface area contributed by atoms with Crippen molar-refractivity contribution in [2.75, 3.05) is 6.54 Å². The van der Waals surface area contributed by atoms with Crippen LogP contribution in [0.1, 0.15) is 63.6 Å². The highest BCUT2D eigenvalue weighted by atomic mass is 16.3. The average Bonchev–Trinajstić information content (AvgIpc) is 2.41. The van der Waals surface area contributed by atoms with Gasteiger partial charge >= 0.3 is 0 Å². The molecule has 0 saturated heterocycles. The van der Waals surface area contributed by atoms with E-state index in [0.29, 0.717) is 12.0 Å². The van der Waals surface area contributed by atoms with Crippen molar-refractivity contribution in [3.05, 3.63) is 35.4 Å². The van der Waals surface area contributed by atoms with Gasteiger partial charge in [-0.2, -0.15) is 0 Å². The summed E-state index contributed by atoms with van der Waals surface area (Å²) in [4.78, 5) is 0. The third-order valence-corrected chi connectivity index (χ3v) is 4.85. The average molecular weight is 275 g/mol. The number of hydrogen-bond acceptors (Lipinski definition) is 2. The van der Waals surface area contributed by atoms with Crippen molar-refractivity contribution >= 4 is 0 Å². The predicted octanol–water partition coefficient (Wildman–Crippen LogP) is 3.98. The second-order valence-electron chi connectivity index (χ2n) is 7.40. The van der Waals surface area contributed by atoms with Gasteiger partial charge in [0, 0.05) is 12.6 Å². The van der Waals surface area contributed by atoms with Gasteiger partial charge in [0.15, 0.2) is 0 Å². The van der Waals surface area contributed by atoms with Gasteiger partial charge in [-0.15, -0.1) is 0 Å². The molecule has 0 aromatic heterocycles. The summed E-state index contributed by atoms with van der Waals surface area (Å²) in [7, 11) is 0. The lowest BCUT2D eigenvalue weighted by atomic mass is 9.71. The van der Waals surface area contributed by atoms with E-state index in [4.69, 9.17) is 0 Å². The molecule has 1 aliphatic rings. The van der Waals surface area contributed by atoms with E-state index in [1.54, 1.807) is 0 Å². The van der Waals surface area contributed by atoms with Gasteiger partial charge in [-0.25, -0.2) is 0 Å². The summed E-state index contributed by atoms with van der Waals surface area (Å²) in [6, 6.07) is 8.91. The first-order valence-electron chi connectivity index (χ1n) is 7.82. The standard InChI is InChI=1S/C18H29NO/c1-14-5-7-16(8-6-14)15(2)19-13-18(20)11-9-17(3,4)10-12-18/h5-8,15,19-20H,9-13H2,1-4H3. The maximum absolute atomic E-state index is 10.7. The largest absolute Gasteiger partial charge is 0.389 e. The SMILES string of the molecule is Cc1ccc(C(C)NCC2(O)CCC(C)(C)CC2)cc1. The van der Waals surface area contributed by atoms with Crippen LogP contribution in [-0.4, -0.2) is 17.3 Å². The highest BCUT2D eigenvalue weighted by molar-refractivity contribution is 5.23. The van der Waals surface area contributed by atoms with Crippen LogP contribution in [-0.2, 0) is 0 Å². The quantitative estimate of drug-likeness (QED) is 0.871. The van der Waals surface area contributed by atoms with Gasteiger partial charge in [0.2, 0.25) is 0 Å². The van der Waals surface area contributed by atoms with Crippen molar-refractivity contribution in [1.29, 1.82) is 0 Å². The molecule has 1 saturated carbocycles. The first-order valence-corrected chi connectivity index (χ1v) is 7.82. The molecule has 1 aromatic rings. The Balaban J connectivity index is 1.87. The Morgan fingerprint density at radius 1 is 1.10 bits per heavy atom. The van der Waals surface area contributed by atoms with Crippen LogP contribution in [0.25, 0.3) is 0 Å². The van der Waals surface area contributed by atoms with Crippen LogP contribution in [0, 0.1) is 12.3 Å². The van der Waals surface area contributed by atoms with Crippen LogP contribution < -0.4 is 5.32 Å². The lowest BCUT2D eigenvalue weighted by Crippen LogP contribution is -2.45. The Hall–Kier alpha value is -0.860. The summed E-state index contributed by atoms with van der Waals surface area (Å²) < 4.78 is 0. The van der Waals surface area contributed by atoms with E-state index < -0.39 is 5.60 Å². The normalized spacial score (nSPS) is 22.4. The monoisotopic (exact) mass is 275 g/mol. The zero-order valence-electron chi connectivity index (χ0n) is 13.4. The van der Waals surface area contributed by atoms with Gasteiger partial charge < -0.3 is 10.4 Å². The van der Waals surface area contributed by atoms with Crippen LogP contribution in [0.5, 0.6) is 0 Å². The molecule has 0 bridgehead atoms. The van der Waals surface area contributed by atoms with Gasteiger partial charge in [0.25, 0.3) is 0 Å². The summed E-state index contributed by atoms with van der Waals surface area (Å²) in [6.45, 7) is 9.57. The lowest BCUT2D eigenvalue weighted by molar-refractivity contribution is -0.0258. The van der Waals surface area contributed by atoms with E-state index in [2.05, 4.69) is 57.3 Å². The molecule has 2 N–H and O–H groups in total. The summed E-state index contributed by atoms with van der Waals surface area (Å²) in [5, 5.41) is 14.2. The highest BCUT2D eigenvalue weighted by Crippen LogP contribution is 2.40. The smallest absolute Gasteiger partial charge is 0.0772 e. The minimum absolute atomic E-state index is 0.287. The lowest BCUT2D eigenvalue weighted by Gasteiger charge is -2.40. The number of aryl methyl sites for hydroxylation is 1. The van der Waals surface area contributed by atoms with Gasteiger partial charge in [0.05, 0.1) is 5.60 Å². The van der Waals surface area contributed by atoms with Crippen molar-refractivity contribution in [2.24, 2.45) is 5.41 Å². The molecule has 2 heteroatoms. The minimum atomic E-state index is -0.519. The summed E-state index contributed by atoms with van der Waals surface area (Å²) in [5.41, 5.74) is 2.45. The van der Waals surface area contributed by atoms with E-state index in [1.165, 1.54) is 11.1 Å². The zero-order chi connectivity index (χ0) is 14.8. The van der Waals surface area contributed by atoms with E-state index in [0.717, 1.165) is 25.7 Å². The Bertz CT molecular complexity index is 425. The second kappa shape index (κ2) is 5.87. The molecule has 1 fully saturated rings.